The molecule has 2 aromatic rings. The number of rotatable bonds is 1. The van der Waals surface area contributed by atoms with Crippen LogP contribution >= 0.6 is 0 Å². The third kappa shape index (κ3) is 0.853. The zero-order valence-electron chi connectivity index (χ0n) is 12.8. The molecular formula is C21H21N. The number of benzene rings is 2. The van der Waals surface area contributed by atoms with Gasteiger partial charge in [0.2, 0.25) is 0 Å². The lowest BCUT2D eigenvalue weighted by molar-refractivity contribution is 0.0533. The Morgan fingerprint density at radius 3 is 2.73 bits per heavy atom. The van der Waals surface area contributed by atoms with Crippen molar-refractivity contribution in [1.29, 1.82) is 0 Å². The highest BCUT2D eigenvalue weighted by Gasteiger charge is 2.96. The fourth-order valence-electron chi connectivity index (χ4n) is 8.46. The Morgan fingerprint density at radius 2 is 1.77 bits per heavy atom. The lowest BCUT2D eigenvalue weighted by Gasteiger charge is -2.46. The van der Waals surface area contributed by atoms with E-state index in [-0.39, 0.29) is 0 Å². The maximum atomic E-state index is 5.93. The van der Waals surface area contributed by atoms with Gasteiger partial charge >= 0.3 is 0 Å². The molecule has 22 heavy (non-hydrogen) atoms. The fourth-order valence-corrected chi connectivity index (χ4v) is 8.46. The molecule has 6 unspecified atom stereocenters. The molecule has 2 spiro atoms. The van der Waals surface area contributed by atoms with Gasteiger partial charge in [0.1, 0.15) is 0 Å². The van der Waals surface area contributed by atoms with Gasteiger partial charge in [-0.3, -0.25) is 0 Å². The largest absolute Gasteiger partial charge is 0.399 e. The molecule has 7 rings (SSSR count). The second-order valence-corrected chi connectivity index (χ2v) is 9.23. The Labute approximate surface area is 130 Å². The topological polar surface area (TPSA) is 26.0 Å². The molecular weight excluding hydrogens is 266 g/mol. The Bertz CT molecular complexity index is 877. The average Bonchev–Trinajstić information content (AvgIpc) is 2.77. The minimum absolute atomic E-state index is 0.524. The number of fused-ring (bicyclic) bond motifs is 2. The zero-order valence-corrected chi connectivity index (χ0v) is 12.8. The van der Waals surface area contributed by atoms with Crippen LogP contribution in [0.1, 0.15) is 37.7 Å². The Balaban J connectivity index is 1.41. The summed E-state index contributed by atoms with van der Waals surface area (Å²) in [6.45, 7) is 0. The molecule has 5 saturated carbocycles. The predicted octanol–water partition coefficient (Wildman–Crippen LogP) is 4.50. The zero-order chi connectivity index (χ0) is 14.3. The first-order chi connectivity index (χ1) is 10.7. The van der Waals surface area contributed by atoms with E-state index in [4.69, 9.17) is 5.73 Å². The van der Waals surface area contributed by atoms with Gasteiger partial charge in [-0.1, -0.05) is 24.3 Å². The SMILES string of the molecule is Nc1ccc2cc(C34CC5CC67CC(C3)C6(C4)C57)ccc2c1. The highest BCUT2D eigenvalue weighted by molar-refractivity contribution is 5.86. The van der Waals surface area contributed by atoms with E-state index >= 15 is 0 Å². The molecule has 0 heterocycles. The second-order valence-electron chi connectivity index (χ2n) is 9.23. The molecule has 5 aliphatic rings. The van der Waals surface area contributed by atoms with Gasteiger partial charge in [-0.25, -0.2) is 0 Å². The molecule has 110 valence electrons. The molecule has 0 amide bonds. The van der Waals surface area contributed by atoms with Crippen molar-refractivity contribution in [2.45, 2.75) is 37.5 Å². The van der Waals surface area contributed by atoms with Gasteiger partial charge in [-0.05, 0) is 94.6 Å². The van der Waals surface area contributed by atoms with Gasteiger partial charge < -0.3 is 5.73 Å². The number of nitrogen functional groups attached to an aromatic ring is 1. The smallest absolute Gasteiger partial charge is 0.0320 e. The van der Waals surface area contributed by atoms with E-state index in [2.05, 4.69) is 30.3 Å². The third-order valence-electron chi connectivity index (χ3n) is 8.83. The molecule has 6 atom stereocenters. The van der Waals surface area contributed by atoms with Crippen molar-refractivity contribution in [3.63, 3.8) is 0 Å². The minimum Gasteiger partial charge on any atom is -0.399 e. The van der Waals surface area contributed by atoms with E-state index in [1.165, 1.54) is 36.0 Å². The van der Waals surface area contributed by atoms with Crippen LogP contribution in [0.25, 0.3) is 10.8 Å². The summed E-state index contributed by atoms with van der Waals surface area (Å²) in [5.41, 5.74) is 10.7. The monoisotopic (exact) mass is 287 g/mol. The molecule has 2 aromatic carbocycles. The number of hydrogen-bond donors (Lipinski definition) is 1. The van der Waals surface area contributed by atoms with E-state index in [0.29, 0.717) is 5.41 Å². The van der Waals surface area contributed by atoms with Gasteiger partial charge in [0.05, 0.1) is 0 Å². The Hall–Kier alpha value is -1.50. The van der Waals surface area contributed by atoms with Crippen LogP contribution in [0.2, 0.25) is 0 Å². The highest BCUT2D eigenvalue weighted by atomic mass is 15.0. The van der Waals surface area contributed by atoms with Crippen LogP contribution in [0, 0.1) is 28.6 Å². The van der Waals surface area contributed by atoms with Crippen LogP contribution < -0.4 is 5.73 Å². The van der Waals surface area contributed by atoms with E-state index in [1.807, 2.05) is 6.07 Å². The van der Waals surface area contributed by atoms with Crippen molar-refractivity contribution >= 4 is 16.5 Å². The quantitative estimate of drug-likeness (QED) is 0.768. The van der Waals surface area contributed by atoms with Crippen LogP contribution in [0.15, 0.2) is 36.4 Å². The Kier molecular flexibility index (Phi) is 1.43. The van der Waals surface area contributed by atoms with Crippen molar-refractivity contribution in [2.75, 3.05) is 5.73 Å². The van der Waals surface area contributed by atoms with Crippen LogP contribution in [0.3, 0.4) is 0 Å². The van der Waals surface area contributed by atoms with Crippen LogP contribution in [0.5, 0.6) is 0 Å². The average molecular weight is 287 g/mol. The minimum atomic E-state index is 0.524. The first-order valence-electron chi connectivity index (χ1n) is 8.97. The third-order valence-corrected chi connectivity index (χ3v) is 8.83. The first kappa shape index (κ1) is 11.1. The first-order valence-corrected chi connectivity index (χ1v) is 8.97. The maximum Gasteiger partial charge on any atom is 0.0320 e. The summed E-state index contributed by atoms with van der Waals surface area (Å²) in [4.78, 5) is 0. The summed E-state index contributed by atoms with van der Waals surface area (Å²) in [5, 5.41) is 2.66. The summed E-state index contributed by atoms with van der Waals surface area (Å²) in [6, 6.07) is 13.6. The lowest BCUT2D eigenvalue weighted by Crippen LogP contribution is -2.38. The van der Waals surface area contributed by atoms with Crippen LogP contribution in [0.4, 0.5) is 5.69 Å². The lowest BCUT2D eigenvalue weighted by atomic mass is 9.59. The van der Waals surface area contributed by atoms with E-state index in [9.17, 15) is 0 Å². The van der Waals surface area contributed by atoms with E-state index in [0.717, 1.165) is 28.4 Å². The van der Waals surface area contributed by atoms with Crippen LogP contribution in [-0.2, 0) is 5.41 Å². The molecule has 2 bridgehead atoms. The fraction of sp³-hybridized carbons (Fsp3) is 0.524. The summed E-state index contributed by atoms with van der Waals surface area (Å²) < 4.78 is 0. The van der Waals surface area contributed by atoms with Crippen molar-refractivity contribution in [1.82, 2.24) is 0 Å². The molecule has 0 aliphatic heterocycles. The maximum absolute atomic E-state index is 5.93. The second kappa shape index (κ2) is 2.84. The summed E-state index contributed by atoms with van der Waals surface area (Å²) in [7, 11) is 0. The van der Waals surface area contributed by atoms with Gasteiger partial charge in [-0.2, -0.15) is 0 Å². The molecule has 0 saturated heterocycles. The molecule has 5 fully saturated rings. The molecule has 2 N–H and O–H groups in total. The molecule has 1 nitrogen and oxygen atoms in total. The van der Waals surface area contributed by atoms with Crippen molar-refractivity contribution in [3.05, 3.63) is 42.0 Å². The predicted molar refractivity (Wildman–Crippen MR) is 88.5 cm³/mol. The van der Waals surface area contributed by atoms with Gasteiger partial charge in [0, 0.05) is 5.69 Å². The molecule has 1 heteroatoms. The van der Waals surface area contributed by atoms with Crippen molar-refractivity contribution < 1.29 is 0 Å². The van der Waals surface area contributed by atoms with Crippen molar-refractivity contribution in [2.24, 2.45) is 28.6 Å². The summed E-state index contributed by atoms with van der Waals surface area (Å²) >= 11 is 0. The number of hydrogen-bond acceptors (Lipinski definition) is 1. The number of anilines is 1. The van der Waals surface area contributed by atoms with Crippen molar-refractivity contribution in [3.8, 4) is 0 Å². The van der Waals surface area contributed by atoms with Gasteiger partial charge in [0.15, 0.2) is 0 Å². The van der Waals surface area contributed by atoms with Gasteiger partial charge in [-0.15, -0.1) is 0 Å². The highest BCUT2D eigenvalue weighted by Crippen LogP contribution is 3.02. The summed E-state index contributed by atoms with van der Waals surface area (Å²) in [6.07, 6.45) is 7.66. The molecule has 5 aliphatic carbocycles. The normalized spacial score (nSPS) is 51.9. The molecule has 0 aromatic heterocycles. The van der Waals surface area contributed by atoms with Gasteiger partial charge in [0.25, 0.3) is 0 Å². The number of nitrogens with two attached hydrogens (primary N) is 1. The van der Waals surface area contributed by atoms with E-state index in [1.54, 1.807) is 18.4 Å². The van der Waals surface area contributed by atoms with E-state index < -0.39 is 0 Å². The molecule has 0 radical (unpaired) electrons. The Morgan fingerprint density at radius 1 is 0.909 bits per heavy atom. The standard InChI is InChI=1S/C21H21N/c22-17-4-2-12-5-15(3-1-13(12)6-17)19-7-14-8-20-10-16(9-19)21(20,11-19)18(14)20/h1-6,14,16,18H,7-11,22H2. The summed E-state index contributed by atoms with van der Waals surface area (Å²) in [5.74, 6) is 3.32. The van der Waals surface area contributed by atoms with Crippen LogP contribution in [-0.4, -0.2) is 0 Å².